The molecule has 0 bridgehead atoms. The van der Waals surface area contributed by atoms with Gasteiger partial charge >= 0.3 is 5.97 Å². The van der Waals surface area contributed by atoms with Crippen LogP contribution in [-0.4, -0.2) is 23.4 Å². The summed E-state index contributed by atoms with van der Waals surface area (Å²) in [5, 5.41) is 13.1. The van der Waals surface area contributed by atoms with Crippen LogP contribution in [0.1, 0.15) is 23.6 Å². The molecular weight excluding hydrogens is 472 g/mol. The van der Waals surface area contributed by atoms with E-state index in [1.165, 1.54) is 12.1 Å². The van der Waals surface area contributed by atoms with Crippen molar-refractivity contribution in [1.82, 2.24) is 0 Å². The van der Waals surface area contributed by atoms with E-state index in [2.05, 4.69) is 4.99 Å². The maximum absolute atomic E-state index is 12.5. The fourth-order valence-electron chi connectivity index (χ4n) is 3.94. The Balaban J connectivity index is 1.37. The molecule has 37 heavy (non-hydrogen) atoms. The lowest BCUT2D eigenvalue weighted by atomic mass is 10.1. The van der Waals surface area contributed by atoms with Crippen molar-refractivity contribution in [2.45, 2.75) is 13.5 Å². The molecule has 8 heteroatoms. The highest BCUT2D eigenvalue weighted by Gasteiger charge is 2.24. The molecule has 4 aromatic rings. The summed E-state index contributed by atoms with van der Waals surface area (Å²) in [5.74, 6) is 0.674. The zero-order chi connectivity index (χ0) is 25.8. The smallest absolute Gasteiger partial charge is 0.363 e. The molecule has 5 rings (SSSR count). The Morgan fingerprint density at radius 3 is 2.57 bits per heavy atom. The number of carbonyl (C=O) groups is 1. The monoisotopic (exact) mass is 494 g/mol. The molecule has 8 nitrogen and oxygen atoms in total. The van der Waals surface area contributed by atoms with E-state index in [4.69, 9.17) is 14.2 Å². The van der Waals surface area contributed by atoms with Gasteiger partial charge in [0.25, 0.3) is 5.69 Å². The standard InChI is InChI=1S/C29H22N2O6/c1-2-35-27-16-19(10-13-26(27)36-18-20-6-5-9-24(14-20)31(33)34)15-25-29(32)37-28(30-25)23-12-11-21-7-3-4-8-22(21)17-23/h3-17H,2,18H2,1H3/b25-15-. The summed E-state index contributed by atoms with van der Waals surface area (Å²) in [6, 6.07) is 25.2. The average Bonchev–Trinajstić information content (AvgIpc) is 3.28. The molecule has 0 unspecified atom stereocenters. The number of hydrogen-bond acceptors (Lipinski definition) is 7. The molecule has 0 atom stereocenters. The van der Waals surface area contributed by atoms with E-state index in [1.54, 1.807) is 36.4 Å². The molecule has 0 fully saturated rings. The van der Waals surface area contributed by atoms with E-state index in [9.17, 15) is 14.9 Å². The van der Waals surface area contributed by atoms with Gasteiger partial charge in [0.05, 0.1) is 11.5 Å². The van der Waals surface area contributed by atoms with Crippen LogP contribution in [0.5, 0.6) is 11.5 Å². The van der Waals surface area contributed by atoms with E-state index >= 15 is 0 Å². The lowest BCUT2D eigenvalue weighted by molar-refractivity contribution is -0.384. The number of rotatable bonds is 8. The molecule has 0 amide bonds. The second-order valence-electron chi connectivity index (χ2n) is 8.25. The number of carbonyl (C=O) groups excluding carboxylic acids is 1. The van der Waals surface area contributed by atoms with E-state index in [-0.39, 0.29) is 23.9 Å². The van der Waals surface area contributed by atoms with E-state index in [0.29, 0.717) is 29.2 Å². The quantitative estimate of drug-likeness (QED) is 0.128. The molecule has 1 heterocycles. The Morgan fingerprint density at radius 1 is 0.919 bits per heavy atom. The highest BCUT2D eigenvalue weighted by Crippen LogP contribution is 2.31. The predicted octanol–water partition coefficient (Wildman–Crippen LogP) is 6.07. The van der Waals surface area contributed by atoms with Crippen molar-refractivity contribution in [3.8, 4) is 11.5 Å². The minimum Gasteiger partial charge on any atom is -0.490 e. The van der Waals surface area contributed by atoms with Crippen molar-refractivity contribution in [2.75, 3.05) is 6.61 Å². The number of nitrogens with zero attached hydrogens (tertiary/aromatic N) is 2. The first kappa shape index (κ1) is 23.7. The van der Waals surface area contributed by atoms with Gasteiger partial charge in [-0.05, 0) is 59.2 Å². The third kappa shape index (κ3) is 5.33. The zero-order valence-corrected chi connectivity index (χ0v) is 19.9. The van der Waals surface area contributed by atoms with Crippen molar-refractivity contribution in [3.05, 3.63) is 117 Å². The molecule has 0 spiro atoms. The highest BCUT2D eigenvalue weighted by molar-refractivity contribution is 6.13. The SMILES string of the molecule is CCOc1cc(/C=C2\N=C(c3ccc4ccccc4c3)OC2=O)ccc1OCc1cccc([N+](=O)[O-])c1. The number of nitro benzene ring substituents is 1. The van der Waals surface area contributed by atoms with Gasteiger partial charge in [-0.3, -0.25) is 10.1 Å². The summed E-state index contributed by atoms with van der Waals surface area (Å²) in [7, 11) is 0. The van der Waals surface area contributed by atoms with E-state index in [0.717, 1.165) is 16.3 Å². The molecule has 184 valence electrons. The van der Waals surface area contributed by atoms with E-state index < -0.39 is 10.9 Å². The predicted molar refractivity (Wildman–Crippen MR) is 140 cm³/mol. The first-order valence-corrected chi connectivity index (χ1v) is 11.6. The van der Waals surface area contributed by atoms with Crippen LogP contribution in [0.3, 0.4) is 0 Å². The van der Waals surface area contributed by atoms with Gasteiger partial charge in [0, 0.05) is 17.7 Å². The molecule has 0 saturated heterocycles. The lowest BCUT2D eigenvalue weighted by Gasteiger charge is -2.13. The second kappa shape index (κ2) is 10.3. The van der Waals surface area contributed by atoms with Gasteiger partial charge in [-0.2, -0.15) is 0 Å². The second-order valence-corrected chi connectivity index (χ2v) is 8.25. The summed E-state index contributed by atoms with van der Waals surface area (Å²) in [5.41, 5.74) is 2.24. The van der Waals surface area contributed by atoms with Gasteiger partial charge in [-0.25, -0.2) is 9.79 Å². The van der Waals surface area contributed by atoms with Crippen molar-refractivity contribution in [1.29, 1.82) is 0 Å². The van der Waals surface area contributed by atoms with Crippen LogP contribution in [-0.2, 0) is 16.1 Å². The van der Waals surface area contributed by atoms with Crippen LogP contribution in [0.2, 0.25) is 0 Å². The molecule has 1 aliphatic heterocycles. The Bertz CT molecular complexity index is 1570. The molecule has 0 aromatic heterocycles. The summed E-state index contributed by atoms with van der Waals surface area (Å²) in [6.45, 7) is 2.39. The van der Waals surface area contributed by atoms with E-state index in [1.807, 2.05) is 49.4 Å². The van der Waals surface area contributed by atoms with Crippen LogP contribution in [0, 0.1) is 10.1 Å². The Hall–Kier alpha value is -4.98. The number of fused-ring (bicyclic) bond motifs is 1. The number of non-ortho nitro benzene ring substituents is 1. The van der Waals surface area contributed by atoms with Crippen molar-refractivity contribution < 1.29 is 23.9 Å². The van der Waals surface area contributed by atoms with Crippen LogP contribution in [0.4, 0.5) is 5.69 Å². The largest absolute Gasteiger partial charge is 0.490 e. The highest BCUT2D eigenvalue weighted by atomic mass is 16.6. The number of cyclic esters (lactones) is 1. The number of esters is 1. The first-order valence-electron chi connectivity index (χ1n) is 11.6. The van der Waals surface area contributed by atoms with Crippen LogP contribution in [0.15, 0.2) is 95.6 Å². The Labute approximate surface area is 212 Å². The van der Waals surface area contributed by atoms with Gasteiger partial charge in [0.2, 0.25) is 5.90 Å². The lowest BCUT2D eigenvalue weighted by Crippen LogP contribution is -2.05. The van der Waals surface area contributed by atoms with Gasteiger partial charge in [-0.1, -0.05) is 48.5 Å². The van der Waals surface area contributed by atoms with Crippen LogP contribution in [0.25, 0.3) is 16.8 Å². The van der Waals surface area contributed by atoms with Gasteiger partial charge < -0.3 is 14.2 Å². The van der Waals surface area contributed by atoms with Gasteiger partial charge in [0.1, 0.15) is 6.61 Å². The topological polar surface area (TPSA) is 100 Å². The molecule has 0 aliphatic carbocycles. The molecule has 4 aromatic carbocycles. The summed E-state index contributed by atoms with van der Waals surface area (Å²) in [4.78, 5) is 27.5. The first-order chi connectivity index (χ1) is 18.0. The molecular formula is C29H22N2O6. The maximum Gasteiger partial charge on any atom is 0.363 e. The van der Waals surface area contributed by atoms with Gasteiger partial charge in [0.15, 0.2) is 17.2 Å². The number of hydrogen-bond donors (Lipinski definition) is 0. The minimum atomic E-state index is -0.535. The molecule has 1 aliphatic rings. The fourth-order valence-corrected chi connectivity index (χ4v) is 3.94. The number of nitro groups is 1. The van der Waals surface area contributed by atoms with Crippen LogP contribution < -0.4 is 9.47 Å². The summed E-state index contributed by atoms with van der Waals surface area (Å²) in [6.07, 6.45) is 1.63. The van der Waals surface area contributed by atoms with Crippen molar-refractivity contribution >= 4 is 34.4 Å². The third-order valence-corrected chi connectivity index (χ3v) is 5.70. The van der Waals surface area contributed by atoms with Crippen molar-refractivity contribution in [2.24, 2.45) is 4.99 Å². The fraction of sp³-hybridized carbons (Fsp3) is 0.103. The molecule has 0 N–H and O–H groups in total. The summed E-state index contributed by atoms with van der Waals surface area (Å²) < 4.78 is 17.1. The average molecular weight is 495 g/mol. The Morgan fingerprint density at radius 2 is 1.76 bits per heavy atom. The molecule has 0 radical (unpaired) electrons. The normalized spacial score (nSPS) is 13.9. The van der Waals surface area contributed by atoms with Crippen LogP contribution >= 0.6 is 0 Å². The Kier molecular flexibility index (Phi) is 6.63. The summed E-state index contributed by atoms with van der Waals surface area (Å²) >= 11 is 0. The van der Waals surface area contributed by atoms with Crippen molar-refractivity contribution in [3.63, 3.8) is 0 Å². The maximum atomic E-state index is 12.5. The van der Waals surface area contributed by atoms with Gasteiger partial charge in [-0.15, -0.1) is 0 Å². The zero-order valence-electron chi connectivity index (χ0n) is 19.9. The number of ether oxygens (including phenoxy) is 3. The third-order valence-electron chi connectivity index (χ3n) is 5.70. The number of benzene rings is 4. The molecule has 0 saturated carbocycles. The minimum absolute atomic E-state index is 0.000155. The number of aliphatic imine (C=N–C) groups is 1.